The van der Waals surface area contributed by atoms with Crippen LogP contribution in [0.25, 0.3) is 0 Å². The van der Waals surface area contributed by atoms with Gasteiger partial charge in [0.1, 0.15) is 0 Å². The third kappa shape index (κ3) is 2.96. The molecule has 0 aromatic heterocycles. The summed E-state index contributed by atoms with van der Waals surface area (Å²) in [4.78, 5) is 0. The van der Waals surface area contributed by atoms with Gasteiger partial charge in [-0.1, -0.05) is 12.8 Å². The molecule has 0 saturated heterocycles. The summed E-state index contributed by atoms with van der Waals surface area (Å²) in [5.74, 6) is 0.659. The average molecular weight is 199 g/mol. The van der Waals surface area contributed by atoms with E-state index in [1.165, 1.54) is 25.7 Å². The lowest BCUT2D eigenvalue weighted by Gasteiger charge is -2.40. The largest absolute Gasteiger partial charge is 0.368 e. The minimum atomic E-state index is -0.116. The van der Waals surface area contributed by atoms with Crippen molar-refractivity contribution in [2.24, 2.45) is 11.7 Å². The predicted molar refractivity (Wildman–Crippen MR) is 60.3 cm³/mol. The van der Waals surface area contributed by atoms with E-state index in [4.69, 9.17) is 10.5 Å². The molecule has 84 valence electrons. The minimum absolute atomic E-state index is 0.0866. The Bertz CT molecular complexity index is 179. The molecule has 0 heterocycles. The molecule has 1 aliphatic rings. The van der Waals surface area contributed by atoms with Gasteiger partial charge >= 0.3 is 0 Å². The fourth-order valence-corrected chi connectivity index (χ4v) is 2.53. The molecule has 0 bridgehead atoms. The monoisotopic (exact) mass is 199 g/mol. The summed E-state index contributed by atoms with van der Waals surface area (Å²) in [6.45, 7) is 9.13. The van der Waals surface area contributed by atoms with E-state index >= 15 is 0 Å². The molecular weight excluding hydrogens is 174 g/mol. The Morgan fingerprint density at radius 3 is 2.00 bits per heavy atom. The Labute approximate surface area is 88.2 Å². The number of ether oxygens (including phenoxy) is 1. The van der Waals surface area contributed by atoms with Crippen molar-refractivity contribution in [3.8, 4) is 0 Å². The molecule has 1 fully saturated rings. The zero-order valence-corrected chi connectivity index (χ0v) is 10.1. The molecule has 0 aromatic carbocycles. The van der Waals surface area contributed by atoms with Crippen molar-refractivity contribution in [2.75, 3.05) is 6.54 Å². The topological polar surface area (TPSA) is 35.2 Å². The normalized spacial score (nSPS) is 23.8. The third-order valence-electron chi connectivity index (χ3n) is 3.16. The lowest BCUT2D eigenvalue weighted by atomic mass is 9.86. The standard InChI is InChI=1S/C12H25NO/c1-11(2,3)14-12(4,9-13)10-7-5-6-8-10/h10H,5-9,13H2,1-4H3. The second kappa shape index (κ2) is 4.19. The Morgan fingerprint density at radius 2 is 1.64 bits per heavy atom. The Balaban J connectivity index is 2.64. The number of rotatable bonds is 3. The van der Waals surface area contributed by atoms with Gasteiger partial charge in [-0.25, -0.2) is 0 Å². The van der Waals surface area contributed by atoms with Gasteiger partial charge in [-0.3, -0.25) is 0 Å². The van der Waals surface area contributed by atoms with Crippen LogP contribution in [0.5, 0.6) is 0 Å². The van der Waals surface area contributed by atoms with E-state index in [9.17, 15) is 0 Å². The summed E-state index contributed by atoms with van der Waals surface area (Å²) >= 11 is 0. The average Bonchev–Trinajstić information content (AvgIpc) is 2.53. The molecule has 1 saturated carbocycles. The van der Waals surface area contributed by atoms with Crippen LogP contribution < -0.4 is 5.73 Å². The van der Waals surface area contributed by atoms with Crippen molar-refractivity contribution >= 4 is 0 Å². The quantitative estimate of drug-likeness (QED) is 0.758. The highest BCUT2D eigenvalue weighted by Crippen LogP contribution is 2.37. The maximum atomic E-state index is 6.13. The van der Waals surface area contributed by atoms with E-state index in [0.29, 0.717) is 12.5 Å². The number of hydrogen-bond acceptors (Lipinski definition) is 2. The zero-order chi connectivity index (χ0) is 10.8. The van der Waals surface area contributed by atoms with Gasteiger partial charge in [0.2, 0.25) is 0 Å². The molecule has 1 aliphatic carbocycles. The summed E-state index contributed by atoms with van der Waals surface area (Å²) in [7, 11) is 0. The van der Waals surface area contributed by atoms with Gasteiger partial charge in [-0.05, 0) is 46.5 Å². The van der Waals surface area contributed by atoms with Crippen LogP contribution in [-0.4, -0.2) is 17.7 Å². The maximum Gasteiger partial charge on any atom is 0.0811 e. The molecule has 0 aromatic rings. The molecule has 1 rings (SSSR count). The Morgan fingerprint density at radius 1 is 1.14 bits per heavy atom. The van der Waals surface area contributed by atoms with Crippen LogP contribution in [0.15, 0.2) is 0 Å². The zero-order valence-electron chi connectivity index (χ0n) is 10.1. The summed E-state index contributed by atoms with van der Waals surface area (Å²) in [6.07, 6.45) is 5.25. The van der Waals surface area contributed by atoms with E-state index < -0.39 is 0 Å². The van der Waals surface area contributed by atoms with Crippen LogP contribution >= 0.6 is 0 Å². The number of nitrogens with two attached hydrogens (primary N) is 1. The SMILES string of the molecule is CC(C)(C)OC(C)(CN)C1CCCC1. The van der Waals surface area contributed by atoms with E-state index in [1.54, 1.807) is 0 Å². The summed E-state index contributed by atoms with van der Waals surface area (Å²) < 4.78 is 6.13. The smallest absolute Gasteiger partial charge is 0.0811 e. The fraction of sp³-hybridized carbons (Fsp3) is 1.00. The lowest BCUT2D eigenvalue weighted by molar-refractivity contribution is -0.144. The predicted octanol–water partition coefficient (Wildman–Crippen LogP) is 2.71. The van der Waals surface area contributed by atoms with Crippen molar-refractivity contribution < 1.29 is 4.74 Å². The van der Waals surface area contributed by atoms with E-state index in [2.05, 4.69) is 27.7 Å². The van der Waals surface area contributed by atoms with Crippen LogP contribution in [-0.2, 0) is 4.74 Å². The van der Waals surface area contributed by atoms with Gasteiger partial charge in [-0.2, -0.15) is 0 Å². The molecule has 0 spiro atoms. The molecule has 2 N–H and O–H groups in total. The summed E-state index contributed by atoms with van der Waals surface area (Å²) in [5.41, 5.74) is 5.67. The number of hydrogen-bond donors (Lipinski definition) is 1. The first-order chi connectivity index (χ1) is 6.37. The second-order valence-corrected chi connectivity index (χ2v) is 5.71. The summed E-state index contributed by atoms with van der Waals surface area (Å²) in [6, 6.07) is 0. The molecule has 2 nitrogen and oxygen atoms in total. The van der Waals surface area contributed by atoms with E-state index in [0.717, 1.165) is 0 Å². The molecule has 0 radical (unpaired) electrons. The molecular formula is C12H25NO. The molecule has 2 heteroatoms. The van der Waals surface area contributed by atoms with Gasteiger partial charge in [0.05, 0.1) is 11.2 Å². The van der Waals surface area contributed by atoms with Gasteiger partial charge in [0.25, 0.3) is 0 Å². The van der Waals surface area contributed by atoms with Gasteiger partial charge in [0, 0.05) is 6.54 Å². The fourth-order valence-electron chi connectivity index (χ4n) is 2.53. The van der Waals surface area contributed by atoms with Crippen molar-refractivity contribution in [3.63, 3.8) is 0 Å². The highest BCUT2D eigenvalue weighted by Gasteiger charge is 2.38. The molecule has 1 unspecified atom stereocenters. The summed E-state index contributed by atoms with van der Waals surface area (Å²) in [5, 5.41) is 0. The third-order valence-corrected chi connectivity index (χ3v) is 3.16. The first-order valence-electron chi connectivity index (χ1n) is 5.78. The van der Waals surface area contributed by atoms with Crippen molar-refractivity contribution in [3.05, 3.63) is 0 Å². The van der Waals surface area contributed by atoms with Gasteiger partial charge < -0.3 is 10.5 Å². The van der Waals surface area contributed by atoms with Crippen LogP contribution in [0, 0.1) is 5.92 Å². The van der Waals surface area contributed by atoms with Gasteiger partial charge in [0.15, 0.2) is 0 Å². The first-order valence-corrected chi connectivity index (χ1v) is 5.78. The van der Waals surface area contributed by atoms with E-state index in [1.807, 2.05) is 0 Å². The van der Waals surface area contributed by atoms with Crippen molar-refractivity contribution in [1.29, 1.82) is 0 Å². The molecule has 14 heavy (non-hydrogen) atoms. The van der Waals surface area contributed by atoms with E-state index in [-0.39, 0.29) is 11.2 Å². The van der Waals surface area contributed by atoms with Crippen LogP contribution in [0.4, 0.5) is 0 Å². The molecule has 0 amide bonds. The highest BCUT2D eigenvalue weighted by atomic mass is 16.5. The Kier molecular flexibility index (Phi) is 3.59. The van der Waals surface area contributed by atoms with Crippen LogP contribution in [0.2, 0.25) is 0 Å². The molecule has 1 atom stereocenters. The van der Waals surface area contributed by atoms with Crippen molar-refractivity contribution in [1.82, 2.24) is 0 Å². The Hall–Kier alpha value is -0.0800. The highest BCUT2D eigenvalue weighted by molar-refractivity contribution is 4.90. The van der Waals surface area contributed by atoms with Crippen LogP contribution in [0.1, 0.15) is 53.4 Å². The second-order valence-electron chi connectivity index (χ2n) is 5.71. The maximum absolute atomic E-state index is 6.13. The molecule has 0 aliphatic heterocycles. The lowest BCUT2D eigenvalue weighted by Crippen LogP contribution is -2.48. The first kappa shape index (κ1) is 12.0. The van der Waals surface area contributed by atoms with Crippen molar-refractivity contribution in [2.45, 2.75) is 64.6 Å². The van der Waals surface area contributed by atoms with Crippen LogP contribution in [0.3, 0.4) is 0 Å². The van der Waals surface area contributed by atoms with Gasteiger partial charge in [-0.15, -0.1) is 0 Å². The minimum Gasteiger partial charge on any atom is -0.368 e.